The second-order valence-corrected chi connectivity index (χ2v) is 16.2. The number of hydrogen-bond acceptors (Lipinski definition) is 10. The number of amides is 4. The van der Waals surface area contributed by atoms with Crippen LogP contribution in [0.2, 0.25) is 0 Å². The maximum atomic E-state index is 14.0. The first-order valence-corrected chi connectivity index (χ1v) is 19.8. The van der Waals surface area contributed by atoms with Gasteiger partial charge in [0.15, 0.2) is 5.13 Å². The molecule has 0 radical (unpaired) electrons. The van der Waals surface area contributed by atoms with Crippen molar-refractivity contribution in [2.75, 3.05) is 25.5 Å². The fraction of sp³-hybridized carbons (Fsp3) is 0.500. The Hall–Kier alpha value is -4.25. The Balaban J connectivity index is 1.54. The molecule has 1 aliphatic rings. The van der Waals surface area contributed by atoms with Crippen molar-refractivity contribution in [2.24, 2.45) is 17.0 Å². The quantitative estimate of drug-likeness (QED) is 0.129. The van der Waals surface area contributed by atoms with Gasteiger partial charge in [0.25, 0.3) is 0 Å². The zero-order valence-corrected chi connectivity index (χ0v) is 31.7. The van der Waals surface area contributed by atoms with E-state index in [0.29, 0.717) is 22.8 Å². The summed E-state index contributed by atoms with van der Waals surface area (Å²) in [6, 6.07) is 12.9. The van der Waals surface area contributed by atoms with Gasteiger partial charge in [-0.25, -0.2) is 18.2 Å². The predicted molar refractivity (Wildman–Crippen MR) is 200 cm³/mol. The summed E-state index contributed by atoms with van der Waals surface area (Å²) in [6.45, 7) is 5.13. The first-order chi connectivity index (χ1) is 24.8. The molecule has 4 amide bonds. The topological polar surface area (TPSA) is 190 Å². The number of nitrogens with one attached hydrogen (secondary N) is 3. The number of aromatic nitrogens is 1. The second kappa shape index (κ2) is 19.0. The predicted octanol–water partition coefficient (Wildman–Crippen LogP) is 4.50. The second-order valence-electron chi connectivity index (χ2n) is 13.4. The lowest BCUT2D eigenvalue weighted by Gasteiger charge is -2.35. The molecule has 0 aliphatic heterocycles. The van der Waals surface area contributed by atoms with Crippen molar-refractivity contribution < 1.29 is 27.9 Å². The van der Waals surface area contributed by atoms with Crippen molar-refractivity contribution in [3.63, 3.8) is 0 Å². The van der Waals surface area contributed by atoms with Crippen LogP contribution in [0.3, 0.4) is 0 Å². The van der Waals surface area contributed by atoms with E-state index >= 15 is 0 Å². The van der Waals surface area contributed by atoms with Crippen LogP contribution in [0.15, 0.2) is 70.0 Å². The summed E-state index contributed by atoms with van der Waals surface area (Å²) < 4.78 is 29.3. The van der Waals surface area contributed by atoms with Crippen molar-refractivity contribution in [3.05, 3.63) is 81.7 Å². The molecule has 4 atom stereocenters. The lowest BCUT2D eigenvalue weighted by Crippen LogP contribution is -2.58. The molecular weight excluding hydrogens is 707 g/mol. The van der Waals surface area contributed by atoms with E-state index in [9.17, 15) is 32.8 Å². The van der Waals surface area contributed by atoms with Gasteiger partial charge in [0.05, 0.1) is 29.3 Å². The van der Waals surface area contributed by atoms with E-state index in [4.69, 9.17) is 0 Å². The van der Waals surface area contributed by atoms with Gasteiger partial charge < -0.3 is 26.0 Å². The fourth-order valence-corrected chi connectivity index (χ4v) is 8.11. The molecule has 0 bridgehead atoms. The summed E-state index contributed by atoms with van der Waals surface area (Å²) in [6.07, 6.45) is 2.21. The Labute approximate surface area is 309 Å². The number of nitrogens with zero attached hydrogens (tertiary/aromatic N) is 4. The molecule has 2 aromatic carbocycles. The molecule has 4 N–H and O–H groups in total. The van der Waals surface area contributed by atoms with Crippen molar-refractivity contribution in [1.29, 1.82) is 0 Å². The number of thiazole rings is 1. The van der Waals surface area contributed by atoms with E-state index in [0.717, 1.165) is 24.8 Å². The fourth-order valence-electron chi connectivity index (χ4n) is 5.83. The number of sulfonamides is 1. The van der Waals surface area contributed by atoms with E-state index in [-0.39, 0.29) is 55.2 Å². The number of hydrogen-bond donors (Lipinski definition) is 4. The Bertz CT molecular complexity index is 1750. The van der Waals surface area contributed by atoms with Crippen LogP contribution in [0.5, 0.6) is 0 Å². The van der Waals surface area contributed by atoms with E-state index in [1.165, 1.54) is 39.6 Å². The van der Waals surface area contributed by atoms with Gasteiger partial charge >= 0.3 is 6.03 Å². The van der Waals surface area contributed by atoms with E-state index in [1.54, 1.807) is 24.6 Å². The summed E-state index contributed by atoms with van der Waals surface area (Å²) in [4.78, 5) is 55.2. The van der Waals surface area contributed by atoms with Crippen molar-refractivity contribution >= 4 is 44.3 Å². The molecule has 16 heteroatoms. The van der Waals surface area contributed by atoms with E-state index in [1.807, 2.05) is 44.2 Å². The third kappa shape index (κ3) is 11.4. The highest BCUT2D eigenvalue weighted by atomic mass is 32.2. The summed E-state index contributed by atoms with van der Waals surface area (Å²) in [5.74, 6) is -0.903. The summed E-state index contributed by atoms with van der Waals surface area (Å²) >= 11 is 1.24. The third-order valence-electron chi connectivity index (χ3n) is 9.33. The molecule has 282 valence electrons. The first-order valence-electron chi connectivity index (χ1n) is 17.4. The molecular formula is C36H49N7O7S2. The molecule has 1 aromatic heterocycles. The average Bonchev–Trinajstić information content (AvgIpc) is 3.53. The number of benzene rings is 2. The number of urea groups is 1. The maximum absolute atomic E-state index is 14.0. The zero-order chi connectivity index (χ0) is 37.8. The highest BCUT2D eigenvalue weighted by molar-refractivity contribution is 7.89. The summed E-state index contributed by atoms with van der Waals surface area (Å²) in [7, 11) is -2.49. The number of rotatable bonds is 19. The summed E-state index contributed by atoms with van der Waals surface area (Å²) in [5, 5.41) is 25.2. The maximum Gasteiger partial charge on any atom is 0.318 e. The number of nitroso groups, excluding NO2 is 1. The molecule has 1 saturated carbocycles. The monoisotopic (exact) mass is 755 g/mol. The minimum atomic E-state index is -4.06. The minimum Gasteiger partial charge on any atom is -0.390 e. The molecule has 0 saturated heterocycles. The van der Waals surface area contributed by atoms with Gasteiger partial charge in [0, 0.05) is 32.4 Å². The van der Waals surface area contributed by atoms with Crippen LogP contribution in [0.25, 0.3) is 0 Å². The van der Waals surface area contributed by atoms with Crippen molar-refractivity contribution in [3.8, 4) is 0 Å². The number of carbonyl (C=O) groups excluding carboxylic acids is 3. The van der Waals surface area contributed by atoms with Gasteiger partial charge in [0.1, 0.15) is 12.6 Å². The minimum absolute atomic E-state index is 0.0324. The van der Waals surface area contributed by atoms with Crippen LogP contribution in [0, 0.1) is 16.7 Å². The van der Waals surface area contributed by atoms with Gasteiger partial charge in [-0.15, -0.1) is 11.3 Å². The van der Waals surface area contributed by atoms with Gasteiger partial charge in [-0.1, -0.05) is 74.3 Å². The first kappa shape index (κ1) is 40.5. The zero-order valence-electron chi connectivity index (χ0n) is 30.0. The van der Waals surface area contributed by atoms with E-state index < -0.39 is 40.1 Å². The number of aliphatic hydroxyl groups is 1. The molecule has 14 nitrogen and oxygen atoms in total. The van der Waals surface area contributed by atoms with Crippen LogP contribution in [-0.2, 0) is 39.1 Å². The van der Waals surface area contributed by atoms with Crippen molar-refractivity contribution in [1.82, 2.24) is 24.8 Å². The van der Waals surface area contributed by atoms with Crippen LogP contribution in [0.1, 0.15) is 63.3 Å². The highest BCUT2D eigenvalue weighted by Crippen LogP contribution is 2.30. The van der Waals surface area contributed by atoms with Crippen LogP contribution < -0.4 is 16.0 Å². The molecule has 52 heavy (non-hydrogen) atoms. The Morgan fingerprint density at radius 2 is 1.75 bits per heavy atom. The highest BCUT2D eigenvalue weighted by Gasteiger charge is 2.35. The largest absolute Gasteiger partial charge is 0.390 e. The Morgan fingerprint density at radius 1 is 1.06 bits per heavy atom. The van der Waals surface area contributed by atoms with E-state index in [2.05, 4.69) is 26.1 Å². The normalized spacial score (nSPS) is 15.5. The molecule has 1 aliphatic carbocycles. The van der Waals surface area contributed by atoms with Crippen LogP contribution in [-0.4, -0.2) is 83.9 Å². The summed E-state index contributed by atoms with van der Waals surface area (Å²) in [5.41, 5.74) is 1.97. The molecule has 4 rings (SSSR count). The SMILES string of the molecule is CC[C@H](C)[C@H](NC(=O)N(C)Cc1csc(NC(C)=O)n1)C(=O)N[C@@H](Cc1ccccc1)[C@H](O)CN(CC1CCC1)S(=O)(=O)c1ccc(CN=O)cc1. The average molecular weight is 756 g/mol. The number of carbonyl (C=O) groups is 3. The number of aliphatic hydroxyl groups excluding tert-OH is 1. The van der Waals surface area contributed by atoms with Gasteiger partial charge in [-0.3, -0.25) is 9.59 Å². The van der Waals surface area contributed by atoms with Gasteiger partial charge in [0.2, 0.25) is 21.8 Å². The van der Waals surface area contributed by atoms with Crippen LogP contribution in [0.4, 0.5) is 9.93 Å². The third-order valence-corrected chi connectivity index (χ3v) is 12.0. The van der Waals surface area contributed by atoms with Gasteiger partial charge in [-0.2, -0.15) is 9.21 Å². The molecule has 1 heterocycles. The molecule has 0 unspecified atom stereocenters. The molecule has 1 fully saturated rings. The molecule has 3 aromatic rings. The Morgan fingerprint density at radius 3 is 2.35 bits per heavy atom. The van der Waals surface area contributed by atoms with Gasteiger partial charge in [-0.05, 0) is 54.4 Å². The Kier molecular flexibility index (Phi) is 14.8. The smallest absolute Gasteiger partial charge is 0.318 e. The lowest BCUT2D eigenvalue weighted by molar-refractivity contribution is -0.125. The molecule has 0 spiro atoms. The van der Waals surface area contributed by atoms with Crippen molar-refractivity contribution in [2.45, 2.75) is 89.0 Å². The number of anilines is 1. The standard InChI is InChI=1S/C36H49N7O7S2/c1-5-24(2)33(41-36(47)42(4)21-29-23-51-35(39-29)38-25(3)44)34(46)40-31(18-26-10-7-6-8-11-26)32(45)22-43(20-28-12-9-13-28)52(49,50)30-16-14-27(15-17-30)19-37-48/h6-8,10-11,14-17,23-24,28,31-33,45H,5,9,12-13,18-22H2,1-4H3,(H,40,46)(H,41,47)(H,38,39,44)/t24-,31-,32+,33-/m0/s1. The lowest BCUT2D eigenvalue weighted by atomic mass is 9.85. The van der Waals surface area contributed by atoms with Crippen LogP contribution >= 0.6 is 11.3 Å².